The third kappa shape index (κ3) is 3.62. The van der Waals surface area contributed by atoms with E-state index in [9.17, 15) is 13.2 Å². The number of carbonyl (C=O) groups excluding carboxylic acids is 1. The van der Waals surface area contributed by atoms with Gasteiger partial charge in [0.1, 0.15) is 5.75 Å². The molecule has 1 aromatic carbocycles. The summed E-state index contributed by atoms with van der Waals surface area (Å²) in [5.74, 6) is 0.00427. The lowest BCUT2D eigenvalue weighted by Crippen LogP contribution is -2.35. The molecule has 28 heavy (non-hydrogen) atoms. The summed E-state index contributed by atoms with van der Waals surface area (Å²) in [5.41, 5.74) is 0.639. The van der Waals surface area contributed by atoms with Crippen LogP contribution in [0.2, 0.25) is 0 Å². The van der Waals surface area contributed by atoms with Crippen molar-refractivity contribution in [3.63, 3.8) is 0 Å². The molecule has 0 saturated carbocycles. The van der Waals surface area contributed by atoms with E-state index in [2.05, 4.69) is 10.1 Å². The number of furan rings is 1. The number of amidine groups is 2. The number of aliphatic imine (C=N–C) groups is 1. The lowest BCUT2D eigenvalue weighted by Gasteiger charge is -2.20. The normalized spacial score (nSPS) is 18.2. The maximum Gasteiger partial charge on any atom is 0.306 e. The van der Waals surface area contributed by atoms with Gasteiger partial charge in [0.15, 0.2) is 16.6 Å². The number of rotatable bonds is 4. The average Bonchev–Trinajstić information content (AvgIpc) is 3.28. The molecule has 0 aliphatic carbocycles. The standard InChI is InChI=1S/C17H12N4O5S2/c1-28(23,24)26-11-6-4-10(5-7-11)9-12-14(18)21-17(19-15(12)22)27-16(20-21)13-3-2-8-25-13/h2-9,18H,1H3/b12-9-,18-14?. The highest BCUT2D eigenvalue weighted by Gasteiger charge is 2.36. The molecule has 2 aromatic rings. The Kier molecular flexibility index (Phi) is 4.40. The number of nitrogens with zero attached hydrogens (tertiary/aromatic N) is 3. The first-order valence-corrected chi connectivity index (χ1v) is 10.5. The highest BCUT2D eigenvalue weighted by atomic mass is 32.2. The largest absolute Gasteiger partial charge is 0.462 e. The zero-order chi connectivity index (χ0) is 19.9. The molecular weight excluding hydrogens is 404 g/mol. The smallest absolute Gasteiger partial charge is 0.306 e. The summed E-state index contributed by atoms with van der Waals surface area (Å²) in [5, 5.41) is 14.7. The van der Waals surface area contributed by atoms with Crippen molar-refractivity contribution in [1.82, 2.24) is 5.01 Å². The molecule has 2 aliphatic rings. The monoisotopic (exact) mass is 416 g/mol. The Morgan fingerprint density at radius 3 is 2.64 bits per heavy atom. The van der Waals surface area contributed by atoms with E-state index in [0.717, 1.165) is 18.0 Å². The first kappa shape index (κ1) is 18.2. The maximum absolute atomic E-state index is 12.4. The summed E-state index contributed by atoms with van der Waals surface area (Å²) in [4.78, 5) is 16.4. The third-order valence-corrected chi connectivity index (χ3v) is 5.04. The second-order valence-electron chi connectivity index (χ2n) is 5.76. The van der Waals surface area contributed by atoms with E-state index in [1.54, 1.807) is 24.3 Å². The Morgan fingerprint density at radius 1 is 1.25 bits per heavy atom. The van der Waals surface area contributed by atoms with Gasteiger partial charge in [-0.3, -0.25) is 10.2 Å². The van der Waals surface area contributed by atoms with Gasteiger partial charge in [-0.25, -0.2) is 0 Å². The van der Waals surface area contributed by atoms with Crippen LogP contribution >= 0.6 is 11.8 Å². The van der Waals surface area contributed by atoms with E-state index in [-0.39, 0.29) is 22.3 Å². The minimum absolute atomic E-state index is 0.0607. The van der Waals surface area contributed by atoms with Gasteiger partial charge < -0.3 is 8.60 Å². The number of hydrogen-bond donors (Lipinski definition) is 1. The molecule has 0 radical (unpaired) electrons. The Hall–Kier alpha value is -3.18. The van der Waals surface area contributed by atoms with Crippen molar-refractivity contribution < 1.29 is 21.8 Å². The second-order valence-corrected chi connectivity index (χ2v) is 8.29. The highest BCUT2D eigenvalue weighted by molar-refractivity contribution is 8.27. The van der Waals surface area contributed by atoms with E-state index in [4.69, 9.17) is 14.0 Å². The molecule has 9 nitrogen and oxygen atoms in total. The van der Waals surface area contributed by atoms with Gasteiger partial charge in [0, 0.05) is 0 Å². The lowest BCUT2D eigenvalue weighted by molar-refractivity contribution is -0.114. The predicted octanol–water partition coefficient (Wildman–Crippen LogP) is 2.29. The van der Waals surface area contributed by atoms with Gasteiger partial charge in [-0.15, -0.1) is 0 Å². The van der Waals surface area contributed by atoms with Gasteiger partial charge in [-0.1, -0.05) is 12.1 Å². The topological polar surface area (TPSA) is 125 Å². The minimum atomic E-state index is -3.62. The Balaban J connectivity index is 1.61. The molecule has 0 saturated heterocycles. The lowest BCUT2D eigenvalue weighted by atomic mass is 10.1. The average molecular weight is 416 g/mol. The maximum atomic E-state index is 12.4. The van der Waals surface area contributed by atoms with Crippen LogP contribution in [0.15, 0.2) is 62.7 Å². The van der Waals surface area contributed by atoms with Crippen molar-refractivity contribution in [1.29, 1.82) is 5.41 Å². The van der Waals surface area contributed by atoms with Gasteiger partial charge >= 0.3 is 10.1 Å². The number of hydrogen-bond acceptors (Lipinski definition) is 8. The quantitative estimate of drug-likeness (QED) is 0.599. The van der Waals surface area contributed by atoms with Gasteiger partial charge in [0.2, 0.25) is 5.17 Å². The van der Waals surface area contributed by atoms with Gasteiger partial charge in [-0.2, -0.15) is 23.5 Å². The summed E-state index contributed by atoms with van der Waals surface area (Å²) in [6.07, 6.45) is 3.95. The van der Waals surface area contributed by atoms with Crippen LogP contribution in [0.1, 0.15) is 11.3 Å². The minimum Gasteiger partial charge on any atom is -0.462 e. The predicted molar refractivity (Wildman–Crippen MR) is 105 cm³/mol. The van der Waals surface area contributed by atoms with Crippen LogP contribution in [0.3, 0.4) is 0 Å². The van der Waals surface area contributed by atoms with E-state index < -0.39 is 16.0 Å². The summed E-state index contributed by atoms with van der Waals surface area (Å²) in [7, 11) is -3.62. The Morgan fingerprint density at radius 2 is 2.00 bits per heavy atom. The zero-order valence-electron chi connectivity index (χ0n) is 14.3. The molecule has 142 valence electrons. The molecule has 0 spiro atoms. The number of thioether (sulfide) groups is 1. The van der Waals surface area contributed by atoms with Crippen molar-refractivity contribution in [2.45, 2.75) is 0 Å². The van der Waals surface area contributed by atoms with E-state index in [1.165, 1.54) is 29.5 Å². The Labute approximate surface area is 164 Å². The second kappa shape index (κ2) is 6.77. The number of carbonyl (C=O) groups is 1. The van der Waals surface area contributed by atoms with Crippen LogP contribution in [0.25, 0.3) is 6.08 Å². The number of hydrazone groups is 1. The van der Waals surface area contributed by atoms with Crippen molar-refractivity contribution in [3.05, 3.63) is 59.6 Å². The fourth-order valence-electron chi connectivity index (χ4n) is 2.45. The van der Waals surface area contributed by atoms with Crippen molar-refractivity contribution >= 4 is 49.9 Å². The molecule has 11 heteroatoms. The molecule has 4 rings (SSSR count). The molecule has 1 N–H and O–H groups in total. The van der Waals surface area contributed by atoms with Crippen molar-refractivity contribution in [3.8, 4) is 5.75 Å². The van der Waals surface area contributed by atoms with Crippen LogP contribution in [0.5, 0.6) is 5.75 Å². The van der Waals surface area contributed by atoms with Gasteiger partial charge in [0.05, 0.1) is 18.1 Å². The van der Waals surface area contributed by atoms with Crippen molar-refractivity contribution in [2.24, 2.45) is 10.1 Å². The van der Waals surface area contributed by atoms with Crippen LogP contribution in [0, 0.1) is 5.41 Å². The summed E-state index contributed by atoms with van der Waals surface area (Å²) >= 11 is 1.15. The molecule has 3 heterocycles. The fourth-order valence-corrected chi connectivity index (χ4v) is 3.77. The van der Waals surface area contributed by atoms with Gasteiger partial charge in [-0.05, 0) is 47.7 Å². The first-order valence-electron chi connectivity index (χ1n) is 7.84. The van der Waals surface area contributed by atoms with Crippen molar-refractivity contribution in [2.75, 3.05) is 6.26 Å². The molecule has 0 atom stereocenters. The van der Waals surface area contributed by atoms with Crippen LogP contribution in [-0.4, -0.2) is 41.6 Å². The highest BCUT2D eigenvalue weighted by Crippen LogP contribution is 2.31. The fraction of sp³-hybridized carbons (Fsp3) is 0.0588. The van der Waals surface area contributed by atoms with Crippen LogP contribution in [-0.2, 0) is 14.9 Å². The van der Waals surface area contributed by atoms with E-state index in [1.807, 2.05) is 0 Å². The SMILES string of the molecule is CS(=O)(=O)Oc1ccc(/C=C2/C(=N)N3N=C(c4ccco4)SC3=NC2=O)cc1. The van der Waals surface area contributed by atoms with E-state index >= 15 is 0 Å². The molecule has 1 amide bonds. The number of fused-ring (bicyclic) bond motifs is 1. The summed E-state index contributed by atoms with van der Waals surface area (Å²) in [6.45, 7) is 0. The Bertz CT molecular complexity index is 1160. The zero-order valence-corrected chi connectivity index (χ0v) is 16.0. The molecule has 0 bridgehead atoms. The molecule has 0 fully saturated rings. The van der Waals surface area contributed by atoms with Crippen LogP contribution in [0.4, 0.5) is 0 Å². The summed E-state index contributed by atoms with van der Waals surface area (Å²) in [6, 6.07) is 9.51. The third-order valence-electron chi connectivity index (χ3n) is 3.63. The number of nitrogens with one attached hydrogen (secondary N) is 1. The van der Waals surface area contributed by atoms with Crippen LogP contribution < -0.4 is 4.18 Å². The molecule has 0 unspecified atom stereocenters. The molecular formula is C17H12N4O5S2. The van der Waals surface area contributed by atoms with Gasteiger partial charge in [0.25, 0.3) is 5.91 Å². The molecule has 2 aliphatic heterocycles. The number of benzene rings is 1. The first-order chi connectivity index (χ1) is 13.3. The van der Waals surface area contributed by atoms with E-state index in [0.29, 0.717) is 16.4 Å². The summed E-state index contributed by atoms with van der Waals surface area (Å²) < 4.78 is 32.4. The molecule has 1 aromatic heterocycles. The number of amides is 1.